The largest absolute Gasteiger partial charge is 0.381 e. The van der Waals surface area contributed by atoms with Gasteiger partial charge in [0, 0.05) is 25.8 Å². The van der Waals surface area contributed by atoms with Crippen LogP contribution in [0.25, 0.3) is 0 Å². The van der Waals surface area contributed by atoms with Crippen molar-refractivity contribution in [3.63, 3.8) is 0 Å². The summed E-state index contributed by atoms with van der Waals surface area (Å²) in [5.41, 5.74) is 1.27. The van der Waals surface area contributed by atoms with Crippen molar-refractivity contribution in [2.45, 2.75) is 32.7 Å². The summed E-state index contributed by atoms with van der Waals surface area (Å²) in [6.45, 7) is 6.21. The number of nitro groups is 1. The molecule has 0 aliphatic carbocycles. The number of nitro benzene ring substituents is 1. The molecule has 116 valence electrons. The van der Waals surface area contributed by atoms with Gasteiger partial charge in [0.1, 0.15) is 11.4 Å². The number of ether oxygens (including phenoxy) is 1. The lowest BCUT2D eigenvalue weighted by Gasteiger charge is -2.29. The van der Waals surface area contributed by atoms with E-state index in [1.54, 1.807) is 12.1 Å². The van der Waals surface area contributed by atoms with E-state index >= 15 is 0 Å². The lowest BCUT2D eigenvalue weighted by Crippen LogP contribution is -2.31. The maximum absolute atomic E-state index is 11.4. The number of benzene rings is 1. The summed E-state index contributed by atoms with van der Waals surface area (Å²) in [5.74, 6) is 0.487. The first-order valence-corrected chi connectivity index (χ1v) is 7.49. The predicted octanol–water partition coefficient (Wildman–Crippen LogP) is 3.25. The Labute approximate surface area is 125 Å². The van der Waals surface area contributed by atoms with Crippen LogP contribution in [0.2, 0.25) is 0 Å². The Morgan fingerprint density at radius 2 is 2.05 bits per heavy atom. The van der Waals surface area contributed by atoms with Crippen molar-refractivity contribution in [2.75, 3.05) is 30.4 Å². The molecule has 2 rings (SSSR count). The van der Waals surface area contributed by atoms with Gasteiger partial charge in [-0.3, -0.25) is 10.1 Å². The summed E-state index contributed by atoms with van der Waals surface area (Å²) >= 11 is 0. The molecule has 1 unspecified atom stereocenters. The van der Waals surface area contributed by atoms with Crippen molar-refractivity contribution >= 4 is 17.1 Å². The van der Waals surface area contributed by atoms with Gasteiger partial charge >= 0.3 is 5.69 Å². The van der Waals surface area contributed by atoms with Gasteiger partial charge in [0.25, 0.3) is 0 Å². The van der Waals surface area contributed by atoms with Crippen molar-refractivity contribution in [1.82, 2.24) is 0 Å². The minimum atomic E-state index is -0.322. The van der Waals surface area contributed by atoms with Crippen LogP contribution in [0.3, 0.4) is 0 Å². The molecule has 0 radical (unpaired) electrons. The minimum absolute atomic E-state index is 0.123. The lowest BCUT2D eigenvalue weighted by molar-refractivity contribution is -0.383. The van der Waals surface area contributed by atoms with Crippen molar-refractivity contribution < 1.29 is 9.66 Å². The summed E-state index contributed by atoms with van der Waals surface area (Å²) in [6, 6.07) is 5.54. The van der Waals surface area contributed by atoms with E-state index in [1.165, 1.54) is 0 Å². The van der Waals surface area contributed by atoms with Crippen LogP contribution in [0.5, 0.6) is 0 Å². The smallest absolute Gasteiger partial charge is 0.315 e. The molecule has 0 saturated carbocycles. The predicted molar refractivity (Wildman–Crippen MR) is 83.9 cm³/mol. The second kappa shape index (κ2) is 7.26. The monoisotopic (exact) mass is 293 g/mol. The van der Waals surface area contributed by atoms with E-state index in [2.05, 4.69) is 17.6 Å². The molecule has 1 fully saturated rings. The molecule has 0 bridgehead atoms. The van der Waals surface area contributed by atoms with Gasteiger partial charge in [-0.05, 0) is 44.7 Å². The van der Waals surface area contributed by atoms with E-state index in [4.69, 9.17) is 4.74 Å². The molecule has 0 amide bonds. The van der Waals surface area contributed by atoms with E-state index in [-0.39, 0.29) is 16.7 Å². The van der Waals surface area contributed by atoms with Crippen molar-refractivity contribution in [2.24, 2.45) is 5.92 Å². The van der Waals surface area contributed by atoms with Gasteiger partial charge in [-0.2, -0.15) is 0 Å². The number of hydrogen-bond donors (Lipinski definition) is 2. The van der Waals surface area contributed by atoms with E-state index in [0.717, 1.165) is 26.1 Å². The highest BCUT2D eigenvalue weighted by atomic mass is 16.6. The number of hydrogen-bond acceptors (Lipinski definition) is 5. The van der Waals surface area contributed by atoms with Crippen LogP contribution in [0.4, 0.5) is 17.1 Å². The van der Waals surface area contributed by atoms with Crippen LogP contribution in [0.1, 0.15) is 26.7 Å². The highest BCUT2D eigenvalue weighted by molar-refractivity contribution is 5.76. The fourth-order valence-electron chi connectivity index (χ4n) is 2.77. The number of nitrogens with zero attached hydrogens (tertiary/aromatic N) is 1. The second-order valence-electron chi connectivity index (χ2n) is 5.37. The maximum atomic E-state index is 11.4. The number of anilines is 2. The van der Waals surface area contributed by atoms with E-state index in [0.29, 0.717) is 23.8 Å². The molecule has 2 N–H and O–H groups in total. The summed E-state index contributed by atoms with van der Waals surface area (Å²) in [7, 11) is 0. The third-order valence-corrected chi connectivity index (χ3v) is 3.94. The van der Waals surface area contributed by atoms with Crippen LogP contribution in [-0.4, -0.2) is 30.7 Å². The molecule has 1 atom stereocenters. The molecule has 1 aliphatic rings. The molecule has 1 aromatic rings. The summed E-state index contributed by atoms with van der Waals surface area (Å²) in [4.78, 5) is 11.1. The van der Waals surface area contributed by atoms with Crippen LogP contribution in [-0.2, 0) is 4.74 Å². The van der Waals surface area contributed by atoms with Gasteiger partial charge in [0.15, 0.2) is 0 Å². The lowest BCUT2D eigenvalue weighted by atomic mass is 9.92. The molecular formula is C15H23N3O3. The van der Waals surface area contributed by atoms with E-state index in [1.807, 2.05) is 13.0 Å². The Bertz CT molecular complexity index is 487. The maximum Gasteiger partial charge on any atom is 0.315 e. The van der Waals surface area contributed by atoms with Gasteiger partial charge in [0.05, 0.1) is 4.92 Å². The second-order valence-corrected chi connectivity index (χ2v) is 5.37. The first-order chi connectivity index (χ1) is 10.1. The first-order valence-electron chi connectivity index (χ1n) is 7.49. The Kier molecular flexibility index (Phi) is 5.38. The Balaban J connectivity index is 2.18. The van der Waals surface area contributed by atoms with Gasteiger partial charge in [-0.25, -0.2) is 0 Å². The average molecular weight is 293 g/mol. The van der Waals surface area contributed by atoms with Crippen molar-refractivity contribution in [3.05, 3.63) is 28.3 Å². The van der Waals surface area contributed by atoms with Gasteiger partial charge in [-0.1, -0.05) is 6.07 Å². The average Bonchev–Trinajstić information content (AvgIpc) is 2.48. The zero-order valence-electron chi connectivity index (χ0n) is 12.6. The number of nitrogens with one attached hydrogen (secondary N) is 2. The molecule has 6 nitrogen and oxygen atoms in total. The topological polar surface area (TPSA) is 76.4 Å². The summed E-state index contributed by atoms with van der Waals surface area (Å²) < 4.78 is 5.37. The minimum Gasteiger partial charge on any atom is -0.381 e. The molecule has 1 saturated heterocycles. The summed E-state index contributed by atoms with van der Waals surface area (Å²) in [5, 5.41) is 17.8. The van der Waals surface area contributed by atoms with Crippen LogP contribution in [0.15, 0.2) is 18.2 Å². The molecule has 0 aromatic heterocycles. The van der Waals surface area contributed by atoms with Crippen molar-refractivity contribution in [1.29, 1.82) is 0 Å². The van der Waals surface area contributed by atoms with Crippen LogP contribution >= 0.6 is 0 Å². The number of para-hydroxylation sites is 1. The highest BCUT2D eigenvalue weighted by Crippen LogP contribution is 2.34. The SMILES string of the molecule is CCNc1cccc(NC(C)C2CCOCC2)c1[N+](=O)[O-]. The van der Waals surface area contributed by atoms with E-state index < -0.39 is 0 Å². The van der Waals surface area contributed by atoms with E-state index in [9.17, 15) is 10.1 Å². The zero-order valence-corrected chi connectivity index (χ0v) is 12.6. The Morgan fingerprint density at radius 1 is 1.38 bits per heavy atom. The molecule has 1 aliphatic heterocycles. The molecule has 1 heterocycles. The van der Waals surface area contributed by atoms with Gasteiger partial charge in [-0.15, -0.1) is 0 Å². The normalized spacial score (nSPS) is 17.2. The third kappa shape index (κ3) is 3.85. The number of rotatable bonds is 6. The Hall–Kier alpha value is -1.82. The summed E-state index contributed by atoms with van der Waals surface area (Å²) in [6.07, 6.45) is 1.99. The highest BCUT2D eigenvalue weighted by Gasteiger charge is 2.24. The van der Waals surface area contributed by atoms with Gasteiger partial charge in [0.2, 0.25) is 0 Å². The van der Waals surface area contributed by atoms with Gasteiger partial charge < -0.3 is 15.4 Å². The molecule has 6 heteroatoms. The van der Waals surface area contributed by atoms with Crippen molar-refractivity contribution in [3.8, 4) is 0 Å². The molecule has 1 aromatic carbocycles. The third-order valence-electron chi connectivity index (χ3n) is 3.94. The fourth-order valence-corrected chi connectivity index (χ4v) is 2.77. The van der Waals surface area contributed by atoms with Crippen LogP contribution < -0.4 is 10.6 Å². The first kappa shape index (κ1) is 15.6. The zero-order chi connectivity index (χ0) is 15.2. The standard InChI is InChI=1S/C15H23N3O3/c1-3-16-13-5-4-6-14(15(13)18(19)20)17-11(2)12-7-9-21-10-8-12/h4-6,11-12,16-17H,3,7-10H2,1-2H3. The Morgan fingerprint density at radius 3 is 2.67 bits per heavy atom. The molecule has 0 spiro atoms. The van der Waals surface area contributed by atoms with Crippen LogP contribution in [0, 0.1) is 16.0 Å². The fraction of sp³-hybridized carbons (Fsp3) is 0.600. The molecule has 21 heavy (non-hydrogen) atoms. The quantitative estimate of drug-likeness (QED) is 0.622. The molecular weight excluding hydrogens is 270 g/mol.